The van der Waals surface area contributed by atoms with Crippen LogP contribution in [0.15, 0.2) is 42.1 Å². The Morgan fingerprint density at radius 2 is 2.04 bits per heavy atom. The Morgan fingerprint density at radius 3 is 2.67 bits per heavy atom. The van der Waals surface area contributed by atoms with Crippen molar-refractivity contribution in [3.05, 3.63) is 47.7 Å². The summed E-state index contributed by atoms with van der Waals surface area (Å²) >= 11 is 5.22. The van der Waals surface area contributed by atoms with Gasteiger partial charge >= 0.3 is 5.97 Å². The van der Waals surface area contributed by atoms with Crippen LogP contribution < -0.4 is 20.1 Å². The lowest BCUT2D eigenvalue weighted by atomic mass is 9.95. The number of benzene rings is 1. The molecule has 1 atom stereocenters. The molecule has 0 bridgehead atoms. The second-order valence-electron chi connectivity index (χ2n) is 5.07. The summed E-state index contributed by atoms with van der Waals surface area (Å²) in [6.45, 7) is 5.47. The van der Waals surface area contributed by atoms with Crippen molar-refractivity contribution in [2.75, 3.05) is 20.8 Å². The second-order valence-corrected chi connectivity index (χ2v) is 5.48. The topological polar surface area (TPSA) is 68.8 Å². The van der Waals surface area contributed by atoms with Crippen LogP contribution in [0.2, 0.25) is 0 Å². The molecule has 128 valence electrons. The summed E-state index contributed by atoms with van der Waals surface area (Å²) in [7, 11) is 3.13. The number of carbonyl (C=O) groups excluding carboxylic acids is 1. The molecule has 1 heterocycles. The molecule has 1 aliphatic rings. The first kappa shape index (κ1) is 17.8. The summed E-state index contributed by atoms with van der Waals surface area (Å²) in [5.41, 5.74) is 1.91. The van der Waals surface area contributed by atoms with E-state index in [-0.39, 0.29) is 6.61 Å². The molecule has 1 aromatic carbocycles. The second kappa shape index (κ2) is 7.83. The van der Waals surface area contributed by atoms with E-state index in [0.29, 0.717) is 27.9 Å². The Labute approximate surface area is 146 Å². The van der Waals surface area contributed by atoms with Crippen molar-refractivity contribution in [2.45, 2.75) is 13.0 Å². The van der Waals surface area contributed by atoms with Gasteiger partial charge in [0.1, 0.15) is 6.61 Å². The normalized spacial score (nSPS) is 16.8. The minimum absolute atomic E-state index is 0.138. The number of ether oxygens (including phenoxy) is 3. The number of hydrogen-bond acceptors (Lipinski definition) is 5. The Morgan fingerprint density at radius 1 is 1.33 bits per heavy atom. The third kappa shape index (κ3) is 3.68. The lowest BCUT2D eigenvalue weighted by molar-refractivity contribution is -0.138. The predicted molar refractivity (Wildman–Crippen MR) is 95.0 cm³/mol. The molecule has 2 rings (SSSR count). The lowest BCUT2D eigenvalue weighted by Crippen LogP contribution is -2.45. The Bertz CT molecular complexity index is 700. The third-order valence-corrected chi connectivity index (χ3v) is 3.78. The fourth-order valence-corrected chi connectivity index (χ4v) is 2.73. The van der Waals surface area contributed by atoms with Gasteiger partial charge in [0.05, 0.1) is 25.8 Å². The molecular weight excluding hydrogens is 328 g/mol. The molecule has 0 spiro atoms. The summed E-state index contributed by atoms with van der Waals surface area (Å²) in [6, 6.07) is 4.98. The summed E-state index contributed by atoms with van der Waals surface area (Å²) < 4.78 is 15.8. The average molecular weight is 348 g/mol. The molecule has 0 amide bonds. The van der Waals surface area contributed by atoms with Crippen molar-refractivity contribution in [2.24, 2.45) is 0 Å². The number of thiocarbonyl (C=S) groups is 1. The average Bonchev–Trinajstić information content (AvgIpc) is 2.58. The van der Waals surface area contributed by atoms with Gasteiger partial charge in [-0.25, -0.2) is 4.79 Å². The molecule has 24 heavy (non-hydrogen) atoms. The van der Waals surface area contributed by atoms with Gasteiger partial charge < -0.3 is 24.8 Å². The van der Waals surface area contributed by atoms with Crippen molar-refractivity contribution in [1.29, 1.82) is 0 Å². The van der Waals surface area contributed by atoms with Crippen LogP contribution in [0.4, 0.5) is 0 Å². The number of rotatable bonds is 6. The van der Waals surface area contributed by atoms with Crippen molar-refractivity contribution in [3.63, 3.8) is 0 Å². The van der Waals surface area contributed by atoms with Gasteiger partial charge in [-0.3, -0.25) is 0 Å². The molecule has 1 aromatic rings. The molecule has 0 radical (unpaired) electrons. The number of hydrogen-bond donors (Lipinski definition) is 2. The fourth-order valence-electron chi connectivity index (χ4n) is 2.46. The van der Waals surface area contributed by atoms with E-state index in [4.69, 9.17) is 26.4 Å². The number of nitrogens with one attached hydrogen (secondary N) is 2. The summed E-state index contributed by atoms with van der Waals surface area (Å²) in [5, 5.41) is 6.49. The van der Waals surface area contributed by atoms with E-state index in [2.05, 4.69) is 17.2 Å². The van der Waals surface area contributed by atoms with Gasteiger partial charge in [-0.1, -0.05) is 18.7 Å². The van der Waals surface area contributed by atoms with E-state index < -0.39 is 12.0 Å². The molecule has 6 nitrogen and oxygen atoms in total. The number of allylic oxidation sites excluding steroid dienone is 1. The van der Waals surface area contributed by atoms with Crippen molar-refractivity contribution in [3.8, 4) is 11.5 Å². The van der Waals surface area contributed by atoms with E-state index in [1.807, 2.05) is 6.07 Å². The zero-order valence-electron chi connectivity index (χ0n) is 13.8. The maximum atomic E-state index is 12.4. The molecular formula is C17H20N2O4S. The van der Waals surface area contributed by atoms with E-state index in [1.54, 1.807) is 33.3 Å². The molecule has 1 unspecified atom stereocenters. The van der Waals surface area contributed by atoms with E-state index in [0.717, 1.165) is 5.56 Å². The predicted octanol–water partition coefficient (Wildman–Crippen LogP) is 2.23. The van der Waals surface area contributed by atoms with E-state index in [1.165, 1.54) is 6.08 Å². The first-order chi connectivity index (χ1) is 11.5. The standard InChI is InChI=1S/C17H20N2O4S/c1-5-8-23-16(20)14-10(2)18-17(24)19-15(14)11-6-7-12(21-3)13(9-11)22-4/h5-7,9,15H,1,8H2,2-4H3,(H2,18,19,24). The maximum Gasteiger partial charge on any atom is 0.338 e. The minimum Gasteiger partial charge on any atom is -0.493 e. The van der Waals surface area contributed by atoms with Crippen molar-refractivity contribution >= 4 is 23.3 Å². The van der Waals surface area contributed by atoms with Gasteiger partial charge in [-0.2, -0.15) is 0 Å². The van der Waals surface area contributed by atoms with Crippen molar-refractivity contribution in [1.82, 2.24) is 10.6 Å². The Hall–Kier alpha value is -2.54. The number of methoxy groups -OCH3 is 2. The third-order valence-electron chi connectivity index (χ3n) is 3.56. The first-order valence-corrected chi connectivity index (χ1v) is 7.70. The van der Waals surface area contributed by atoms with E-state index >= 15 is 0 Å². The maximum absolute atomic E-state index is 12.4. The SMILES string of the molecule is C=CCOC(=O)C1=C(C)NC(=S)NC1c1ccc(OC)c(OC)c1. The molecule has 0 aromatic heterocycles. The van der Waals surface area contributed by atoms with Gasteiger partial charge in [-0.05, 0) is 36.8 Å². The molecule has 0 fully saturated rings. The van der Waals surface area contributed by atoms with Crippen LogP contribution in [0.25, 0.3) is 0 Å². The van der Waals surface area contributed by atoms with E-state index in [9.17, 15) is 4.79 Å². The summed E-state index contributed by atoms with van der Waals surface area (Å²) in [6.07, 6.45) is 1.52. The molecule has 2 N–H and O–H groups in total. The monoisotopic (exact) mass is 348 g/mol. The van der Waals surface area contributed by atoms with Crippen LogP contribution in [-0.2, 0) is 9.53 Å². The number of esters is 1. The van der Waals surface area contributed by atoms with Crippen LogP contribution in [0.3, 0.4) is 0 Å². The van der Waals surface area contributed by atoms with Gasteiger partial charge in [-0.15, -0.1) is 0 Å². The Kier molecular flexibility index (Phi) is 5.81. The zero-order valence-corrected chi connectivity index (χ0v) is 14.7. The van der Waals surface area contributed by atoms with Crippen molar-refractivity contribution < 1.29 is 19.0 Å². The quantitative estimate of drug-likeness (QED) is 0.464. The summed E-state index contributed by atoms with van der Waals surface area (Å²) in [4.78, 5) is 12.4. The largest absolute Gasteiger partial charge is 0.493 e. The highest BCUT2D eigenvalue weighted by atomic mass is 32.1. The minimum atomic E-state index is -0.448. The lowest BCUT2D eigenvalue weighted by Gasteiger charge is -2.30. The number of carbonyl (C=O) groups is 1. The van der Waals surface area contributed by atoms with Gasteiger partial charge in [0.2, 0.25) is 0 Å². The van der Waals surface area contributed by atoms with Gasteiger partial charge in [0, 0.05) is 5.70 Å². The highest BCUT2D eigenvalue weighted by Crippen LogP contribution is 2.34. The molecule has 1 aliphatic heterocycles. The molecule has 0 saturated carbocycles. The Balaban J connectivity index is 2.44. The molecule has 0 saturated heterocycles. The van der Waals surface area contributed by atoms with Crippen LogP contribution in [-0.4, -0.2) is 31.9 Å². The first-order valence-electron chi connectivity index (χ1n) is 7.30. The fraction of sp³-hybridized carbons (Fsp3) is 0.294. The highest BCUT2D eigenvalue weighted by Gasteiger charge is 2.31. The van der Waals surface area contributed by atoms with Crippen LogP contribution in [0.1, 0.15) is 18.5 Å². The molecule has 7 heteroatoms. The van der Waals surface area contributed by atoms with Gasteiger partial charge in [0.25, 0.3) is 0 Å². The van der Waals surface area contributed by atoms with Crippen LogP contribution in [0, 0.1) is 0 Å². The highest BCUT2D eigenvalue weighted by molar-refractivity contribution is 7.80. The smallest absolute Gasteiger partial charge is 0.338 e. The molecule has 0 aliphatic carbocycles. The summed E-state index contributed by atoms with van der Waals surface area (Å²) in [5.74, 6) is 0.738. The van der Waals surface area contributed by atoms with Gasteiger partial charge in [0.15, 0.2) is 16.6 Å². The zero-order chi connectivity index (χ0) is 17.7. The van der Waals surface area contributed by atoms with Crippen LogP contribution >= 0.6 is 12.2 Å². The van der Waals surface area contributed by atoms with Crippen LogP contribution in [0.5, 0.6) is 11.5 Å².